The van der Waals surface area contributed by atoms with Crippen molar-refractivity contribution in [2.24, 2.45) is 0 Å². The summed E-state index contributed by atoms with van der Waals surface area (Å²) in [4.78, 5) is 0. The summed E-state index contributed by atoms with van der Waals surface area (Å²) in [5, 5.41) is 4.08. The van der Waals surface area contributed by atoms with Gasteiger partial charge in [0.2, 0.25) is 0 Å². The summed E-state index contributed by atoms with van der Waals surface area (Å²) >= 11 is 1.71. The second-order valence-corrected chi connectivity index (χ2v) is 1.61. The molecule has 0 fully saturated rings. The molecule has 0 aliphatic carbocycles. The summed E-state index contributed by atoms with van der Waals surface area (Å²) < 4.78 is 0. The van der Waals surface area contributed by atoms with Crippen molar-refractivity contribution in [3.63, 3.8) is 0 Å². The van der Waals surface area contributed by atoms with Gasteiger partial charge in [-0.1, -0.05) is 12.1 Å². The van der Waals surface area contributed by atoms with E-state index in [0.717, 1.165) is 0 Å². The van der Waals surface area contributed by atoms with Crippen LogP contribution in [0.25, 0.3) is 0 Å². The Bertz CT molecular complexity index is 70.5. The van der Waals surface area contributed by atoms with Gasteiger partial charge in [0.15, 0.2) is 0 Å². The van der Waals surface area contributed by atoms with Crippen LogP contribution in [0.4, 0.5) is 0 Å². The molecule has 0 N–H and O–H groups in total. The molecule has 4 heteroatoms. The Labute approximate surface area is 84.6 Å². The van der Waals surface area contributed by atoms with Crippen LogP contribution in [0.15, 0.2) is 22.9 Å². The minimum Gasteiger partial charge on any atom is -0.152 e. The first-order valence-electron chi connectivity index (χ1n) is 1.47. The Kier molecular flexibility index (Phi) is 22.2. The molecule has 0 radical (unpaired) electrons. The van der Waals surface area contributed by atoms with E-state index >= 15 is 0 Å². The van der Waals surface area contributed by atoms with Gasteiger partial charge in [-0.05, 0) is 10.8 Å². The van der Waals surface area contributed by atoms with E-state index in [4.69, 9.17) is 0 Å². The van der Waals surface area contributed by atoms with Crippen molar-refractivity contribution in [2.75, 3.05) is 0 Å². The van der Waals surface area contributed by atoms with Crippen LogP contribution in [-0.4, -0.2) is 0 Å². The first-order chi connectivity index (χ1) is 2.50. The molecular weight excluding hydrogens is 242 g/mol. The average molecular weight is 248 g/mol. The van der Waals surface area contributed by atoms with Crippen molar-refractivity contribution < 1.29 is 26.2 Å². The molecule has 8 heavy (non-hydrogen) atoms. The molecule has 0 bridgehead atoms. The second-order valence-electron chi connectivity index (χ2n) is 0.793. The summed E-state index contributed by atoms with van der Waals surface area (Å²) in [5.74, 6) is 0. The van der Waals surface area contributed by atoms with Crippen LogP contribution in [0, 0.1) is 0 Å². The maximum absolute atomic E-state index is 2.04. The third-order valence-electron chi connectivity index (χ3n) is 0.425. The number of hydrogen-bond acceptors (Lipinski definition) is 1. The van der Waals surface area contributed by atoms with Crippen LogP contribution in [0.2, 0.25) is 0 Å². The van der Waals surface area contributed by atoms with Gasteiger partial charge in [-0.15, -0.1) is 24.8 Å². The molecular formula is C4H6Cl2SZr. The van der Waals surface area contributed by atoms with Gasteiger partial charge < -0.3 is 0 Å². The SMILES string of the molecule is Cl.Cl.[Zr].c1ccsc1. The Balaban J connectivity index is -0.0000000833. The van der Waals surface area contributed by atoms with Crippen molar-refractivity contribution >= 4 is 36.2 Å². The molecule has 1 aromatic rings. The van der Waals surface area contributed by atoms with Crippen LogP contribution in [0.5, 0.6) is 0 Å². The maximum Gasteiger partial charge on any atom is 0 e. The molecule has 0 nitrogen and oxygen atoms in total. The van der Waals surface area contributed by atoms with E-state index in [1.165, 1.54) is 0 Å². The molecule has 0 unspecified atom stereocenters. The zero-order valence-corrected chi connectivity index (χ0v) is 8.94. The number of halogens is 2. The first kappa shape index (κ1) is 16.1. The van der Waals surface area contributed by atoms with E-state index < -0.39 is 0 Å². The Morgan fingerprint density at radius 3 is 1.38 bits per heavy atom. The molecule has 46 valence electrons. The summed E-state index contributed by atoms with van der Waals surface area (Å²) in [7, 11) is 0. The smallest absolute Gasteiger partial charge is 0 e. The number of thiophene rings is 1. The van der Waals surface area contributed by atoms with Crippen LogP contribution < -0.4 is 0 Å². The normalized spacial score (nSPS) is 5.00. The fraction of sp³-hybridized carbons (Fsp3) is 0. The number of hydrogen-bond donors (Lipinski definition) is 0. The van der Waals surface area contributed by atoms with Crippen molar-refractivity contribution in [1.82, 2.24) is 0 Å². The molecule has 1 aromatic heterocycles. The molecule has 0 spiro atoms. The van der Waals surface area contributed by atoms with Crippen LogP contribution in [0.3, 0.4) is 0 Å². The van der Waals surface area contributed by atoms with Crippen molar-refractivity contribution in [3.05, 3.63) is 22.9 Å². The largest absolute Gasteiger partial charge is 0.152 e. The number of rotatable bonds is 0. The molecule has 0 aliphatic heterocycles. The van der Waals surface area contributed by atoms with Gasteiger partial charge >= 0.3 is 0 Å². The van der Waals surface area contributed by atoms with Gasteiger partial charge in [-0.25, -0.2) is 0 Å². The predicted molar refractivity (Wildman–Crippen MR) is 38.8 cm³/mol. The van der Waals surface area contributed by atoms with E-state index in [9.17, 15) is 0 Å². The molecule has 0 aromatic carbocycles. The Morgan fingerprint density at radius 2 is 1.25 bits per heavy atom. The molecule has 1 rings (SSSR count). The van der Waals surface area contributed by atoms with Gasteiger partial charge in [0.1, 0.15) is 0 Å². The molecule has 0 amide bonds. The first-order valence-corrected chi connectivity index (χ1v) is 2.41. The van der Waals surface area contributed by atoms with E-state index in [1.54, 1.807) is 11.3 Å². The monoisotopic (exact) mass is 246 g/mol. The molecule has 0 saturated heterocycles. The van der Waals surface area contributed by atoms with Gasteiger partial charge in [0, 0.05) is 26.2 Å². The van der Waals surface area contributed by atoms with E-state index in [1.807, 2.05) is 22.9 Å². The maximum atomic E-state index is 2.04. The topological polar surface area (TPSA) is 0 Å². The standard InChI is InChI=1S/C4H4S.2ClH.Zr/c1-2-4-5-3-1;;;/h1-4H;2*1H;. The third kappa shape index (κ3) is 7.16. The minimum atomic E-state index is 0. The Morgan fingerprint density at radius 1 is 0.875 bits per heavy atom. The van der Waals surface area contributed by atoms with E-state index in [0.29, 0.717) is 0 Å². The van der Waals surface area contributed by atoms with Crippen molar-refractivity contribution in [1.29, 1.82) is 0 Å². The second kappa shape index (κ2) is 11.0. The van der Waals surface area contributed by atoms with Crippen molar-refractivity contribution in [2.45, 2.75) is 0 Å². The van der Waals surface area contributed by atoms with E-state index in [-0.39, 0.29) is 51.0 Å². The summed E-state index contributed by atoms with van der Waals surface area (Å²) in [6.45, 7) is 0. The van der Waals surface area contributed by atoms with Crippen LogP contribution in [0.1, 0.15) is 0 Å². The zero-order chi connectivity index (χ0) is 3.54. The zero-order valence-electron chi connectivity index (χ0n) is 4.03. The molecule has 1 heterocycles. The average Bonchev–Trinajstić information content (AvgIpc) is 1.76. The quantitative estimate of drug-likeness (QED) is 0.662. The van der Waals surface area contributed by atoms with Gasteiger partial charge in [0.05, 0.1) is 0 Å². The van der Waals surface area contributed by atoms with Crippen LogP contribution >= 0.6 is 36.2 Å². The Hall–Kier alpha value is 1.16. The molecule has 0 atom stereocenters. The van der Waals surface area contributed by atoms with Gasteiger partial charge in [-0.3, -0.25) is 0 Å². The van der Waals surface area contributed by atoms with Gasteiger partial charge in [0.25, 0.3) is 0 Å². The fourth-order valence-electron chi connectivity index (χ4n) is 0.227. The van der Waals surface area contributed by atoms with Crippen LogP contribution in [-0.2, 0) is 26.2 Å². The molecule has 0 saturated carbocycles. The summed E-state index contributed by atoms with van der Waals surface area (Å²) in [6.07, 6.45) is 0. The van der Waals surface area contributed by atoms with Crippen molar-refractivity contribution in [3.8, 4) is 0 Å². The minimum absolute atomic E-state index is 0. The van der Waals surface area contributed by atoms with Gasteiger partial charge in [-0.2, -0.15) is 11.3 Å². The summed E-state index contributed by atoms with van der Waals surface area (Å²) in [6, 6.07) is 4.04. The molecule has 0 aliphatic rings. The third-order valence-corrected chi connectivity index (χ3v) is 1.05. The predicted octanol–water partition coefficient (Wildman–Crippen LogP) is 2.59. The summed E-state index contributed by atoms with van der Waals surface area (Å²) in [5.41, 5.74) is 0. The fourth-order valence-corrected chi connectivity index (χ4v) is 0.680. The van der Waals surface area contributed by atoms with E-state index in [2.05, 4.69) is 0 Å².